The lowest BCUT2D eigenvalue weighted by atomic mass is 10.1. The molecule has 0 unspecified atom stereocenters. The number of ketones is 1. The maximum atomic E-state index is 13.8. The molecule has 4 rings (SSSR count). The van der Waals surface area contributed by atoms with Crippen molar-refractivity contribution in [2.24, 2.45) is 0 Å². The van der Waals surface area contributed by atoms with Crippen molar-refractivity contribution in [1.82, 2.24) is 9.55 Å². The van der Waals surface area contributed by atoms with Crippen molar-refractivity contribution in [3.05, 3.63) is 88.3 Å². The molecule has 0 N–H and O–H groups in total. The molecule has 0 atom stereocenters. The highest BCUT2D eigenvalue weighted by Gasteiger charge is 2.17. The second-order valence-electron chi connectivity index (χ2n) is 5.84. The monoisotopic (exact) mass is 350 g/mol. The van der Waals surface area contributed by atoms with E-state index in [4.69, 9.17) is 0 Å². The summed E-state index contributed by atoms with van der Waals surface area (Å²) >= 11 is 1.45. The minimum absolute atomic E-state index is 0.0441. The summed E-state index contributed by atoms with van der Waals surface area (Å²) in [5.74, 6) is -0.384. The maximum Gasteiger partial charge on any atom is 0.171 e. The van der Waals surface area contributed by atoms with Crippen LogP contribution in [-0.2, 0) is 13.0 Å². The van der Waals surface area contributed by atoms with Crippen LogP contribution in [0.3, 0.4) is 0 Å². The molecule has 0 fully saturated rings. The number of hydrogen-bond acceptors (Lipinski definition) is 3. The minimum atomic E-state index is -0.340. The number of aromatic nitrogens is 2. The van der Waals surface area contributed by atoms with E-state index in [0.717, 1.165) is 16.1 Å². The van der Waals surface area contributed by atoms with Gasteiger partial charge in [-0.3, -0.25) is 4.79 Å². The lowest BCUT2D eigenvalue weighted by Crippen LogP contribution is -2.03. The van der Waals surface area contributed by atoms with Crippen LogP contribution < -0.4 is 0 Å². The summed E-state index contributed by atoms with van der Waals surface area (Å²) in [5, 5.41) is 3.27. The Morgan fingerprint density at radius 2 is 2.00 bits per heavy atom. The van der Waals surface area contributed by atoms with Crippen molar-refractivity contribution in [1.29, 1.82) is 0 Å². The van der Waals surface area contributed by atoms with Crippen LogP contribution in [0.2, 0.25) is 0 Å². The average Bonchev–Trinajstić information content (AvgIpc) is 3.24. The lowest BCUT2D eigenvalue weighted by Gasteiger charge is -2.05. The predicted molar refractivity (Wildman–Crippen MR) is 97.6 cm³/mol. The van der Waals surface area contributed by atoms with Gasteiger partial charge in [0.15, 0.2) is 5.78 Å². The predicted octanol–water partition coefficient (Wildman–Crippen LogP) is 4.71. The third kappa shape index (κ3) is 3.23. The number of Topliss-reactive ketones (excluding diaryl/α,β-unsaturated/α-hetero) is 1. The van der Waals surface area contributed by atoms with Crippen LogP contribution in [0.15, 0.2) is 66.3 Å². The molecule has 0 spiro atoms. The van der Waals surface area contributed by atoms with Crippen molar-refractivity contribution in [3.8, 4) is 0 Å². The van der Waals surface area contributed by atoms with Gasteiger partial charge in [0.05, 0.1) is 6.42 Å². The fourth-order valence-corrected chi connectivity index (χ4v) is 3.59. The third-order valence-corrected chi connectivity index (χ3v) is 4.91. The van der Waals surface area contributed by atoms with Gasteiger partial charge in [0.25, 0.3) is 0 Å². The molecule has 2 aromatic carbocycles. The second kappa shape index (κ2) is 6.61. The van der Waals surface area contributed by atoms with Gasteiger partial charge in [0, 0.05) is 40.8 Å². The topological polar surface area (TPSA) is 34.9 Å². The van der Waals surface area contributed by atoms with Crippen LogP contribution in [-0.4, -0.2) is 15.3 Å². The molecule has 124 valence electrons. The first-order valence-electron chi connectivity index (χ1n) is 7.94. The van der Waals surface area contributed by atoms with Gasteiger partial charge in [0.2, 0.25) is 0 Å². The van der Waals surface area contributed by atoms with Crippen molar-refractivity contribution in [3.63, 3.8) is 0 Å². The molecular weight excluding hydrogens is 335 g/mol. The van der Waals surface area contributed by atoms with Gasteiger partial charge in [-0.1, -0.05) is 30.3 Å². The number of benzene rings is 2. The molecule has 0 saturated heterocycles. The summed E-state index contributed by atoms with van der Waals surface area (Å²) in [5.41, 5.74) is 2.52. The van der Waals surface area contributed by atoms with Crippen LogP contribution in [0.4, 0.5) is 4.39 Å². The molecular formula is C20H15FN2OS. The van der Waals surface area contributed by atoms with Gasteiger partial charge < -0.3 is 4.57 Å². The van der Waals surface area contributed by atoms with E-state index in [-0.39, 0.29) is 18.0 Å². The molecule has 25 heavy (non-hydrogen) atoms. The highest BCUT2D eigenvalue weighted by atomic mass is 32.1. The molecule has 0 saturated carbocycles. The van der Waals surface area contributed by atoms with Gasteiger partial charge in [-0.2, -0.15) is 0 Å². The van der Waals surface area contributed by atoms with Gasteiger partial charge in [-0.05, 0) is 23.8 Å². The van der Waals surface area contributed by atoms with Crippen LogP contribution >= 0.6 is 11.3 Å². The number of carbonyl (C=O) groups excluding carboxylic acids is 1. The van der Waals surface area contributed by atoms with Gasteiger partial charge in [-0.25, -0.2) is 9.37 Å². The summed E-state index contributed by atoms with van der Waals surface area (Å²) in [6.07, 6.45) is 3.75. The minimum Gasteiger partial charge on any atom is -0.342 e. The molecule has 0 radical (unpaired) electrons. The van der Waals surface area contributed by atoms with Crippen molar-refractivity contribution in [2.45, 2.75) is 13.0 Å². The molecule has 4 aromatic rings. The largest absolute Gasteiger partial charge is 0.342 e. The van der Waals surface area contributed by atoms with Crippen molar-refractivity contribution >= 4 is 28.0 Å². The number of rotatable bonds is 5. The van der Waals surface area contributed by atoms with E-state index in [1.165, 1.54) is 23.5 Å². The van der Waals surface area contributed by atoms with E-state index in [2.05, 4.69) is 4.98 Å². The van der Waals surface area contributed by atoms with Gasteiger partial charge in [0.1, 0.15) is 10.8 Å². The SMILES string of the molecule is O=C(Cc1nccs1)c1cn(Cc2ccccc2)c2ccc(F)cc12. The number of carbonyl (C=O) groups is 1. The van der Waals surface area contributed by atoms with Crippen molar-refractivity contribution < 1.29 is 9.18 Å². The van der Waals surface area contributed by atoms with E-state index >= 15 is 0 Å². The van der Waals surface area contributed by atoms with Crippen LogP contribution in [0.1, 0.15) is 20.9 Å². The smallest absolute Gasteiger partial charge is 0.171 e. The summed E-state index contributed by atoms with van der Waals surface area (Å²) in [6, 6.07) is 14.6. The number of hydrogen-bond donors (Lipinski definition) is 0. The lowest BCUT2D eigenvalue weighted by molar-refractivity contribution is 0.0994. The molecule has 2 heterocycles. The zero-order valence-electron chi connectivity index (χ0n) is 13.4. The Morgan fingerprint density at radius 1 is 1.16 bits per heavy atom. The number of nitrogens with zero attached hydrogens (tertiary/aromatic N) is 2. The summed E-state index contributed by atoms with van der Waals surface area (Å²) in [6.45, 7) is 0.632. The molecule has 0 aliphatic carbocycles. The van der Waals surface area contributed by atoms with E-state index in [0.29, 0.717) is 17.5 Å². The van der Waals surface area contributed by atoms with E-state index in [1.54, 1.807) is 12.3 Å². The normalized spacial score (nSPS) is 11.1. The van der Waals surface area contributed by atoms with E-state index < -0.39 is 0 Å². The van der Waals surface area contributed by atoms with E-state index in [1.807, 2.05) is 46.5 Å². The van der Waals surface area contributed by atoms with Gasteiger partial charge in [-0.15, -0.1) is 11.3 Å². The average molecular weight is 350 g/mol. The first-order chi connectivity index (χ1) is 12.2. The number of fused-ring (bicyclic) bond motifs is 1. The Hall–Kier alpha value is -2.79. The summed E-state index contributed by atoms with van der Waals surface area (Å²) in [7, 11) is 0. The highest BCUT2D eigenvalue weighted by molar-refractivity contribution is 7.09. The van der Waals surface area contributed by atoms with E-state index in [9.17, 15) is 9.18 Å². The molecule has 0 amide bonds. The molecule has 2 aromatic heterocycles. The van der Waals surface area contributed by atoms with Crippen molar-refractivity contribution in [2.75, 3.05) is 0 Å². The summed E-state index contributed by atoms with van der Waals surface area (Å²) < 4.78 is 15.8. The Bertz CT molecular complexity index is 1020. The maximum absolute atomic E-state index is 13.8. The number of halogens is 1. The number of thiazole rings is 1. The Labute approximate surface area is 148 Å². The quantitative estimate of drug-likeness (QED) is 0.489. The molecule has 5 heteroatoms. The Balaban J connectivity index is 1.75. The van der Waals surface area contributed by atoms with Crippen LogP contribution in [0.25, 0.3) is 10.9 Å². The Morgan fingerprint density at radius 3 is 2.76 bits per heavy atom. The van der Waals surface area contributed by atoms with Crippen LogP contribution in [0, 0.1) is 5.82 Å². The molecule has 0 bridgehead atoms. The standard InChI is InChI=1S/C20H15FN2OS/c21-15-6-7-18-16(10-15)17(19(24)11-20-22-8-9-25-20)13-23(18)12-14-4-2-1-3-5-14/h1-10,13H,11-12H2. The molecule has 0 aliphatic heterocycles. The summed E-state index contributed by atoms with van der Waals surface area (Å²) in [4.78, 5) is 16.9. The van der Waals surface area contributed by atoms with Gasteiger partial charge >= 0.3 is 0 Å². The zero-order chi connectivity index (χ0) is 17.2. The zero-order valence-corrected chi connectivity index (χ0v) is 14.2. The molecule has 3 nitrogen and oxygen atoms in total. The first-order valence-corrected chi connectivity index (χ1v) is 8.82. The third-order valence-electron chi connectivity index (χ3n) is 4.13. The molecule has 0 aliphatic rings. The first kappa shape index (κ1) is 15.7. The fourth-order valence-electron chi connectivity index (χ4n) is 2.98. The van der Waals surface area contributed by atoms with Crippen LogP contribution in [0.5, 0.6) is 0 Å². The Kier molecular flexibility index (Phi) is 4.15. The second-order valence-corrected chi connectivity index (χ2v) is 6.82. The highest BCUT2D eigenvalue weighted by Crippen LogP contribution is 2.25. The fraction of sp³-hybridized carbons (Fsp3) is 0.100.